The predicted molar refractivity (Wildman–Crippen MR) is 34.1 cm³/mol. The molecule has 0 atom stereocenters. The van der Waals surface area contributed by atoms with Crippen LogP contribution in [0, 0.1) is 0 Å². The smallest absolute Gasteiger partial charge is 0.275 e. The molecule has 0 spiro atoms. The Hall–Kier alpha value is -1.07. The molecular formula is C4H10N4O. The highest BCUT2D eigenvalue weighted by atomic mass is 16.2. The van der Waals surface area contributed by atoms with Gasteiger partial charge < -0.3 is 0 Å². The van der Waals surface area contributed by atoms with Crippen molar-refractivity contribution in [2.75, 3.05) is 6.54 Å². The van der Waals surface area contributed by atoms with Gasteiger partial charge in [-0.2, -0.15) is 0 Å². The molecule has 0 saturated heterocycles. The van der Waals surface area contributed by atoms with Gasteiger partial charge in [0.2, 0.25) is 0 Å². The molecule has 0 aromatic heterocycles. The van der Waals surface area contributed by atoms with E-state index in [0.29, 0.717) is 6.54 Å². The van der Waals surface area contributed by atoms with Crippen molar-refractivity contribution in [2.24, 2.45) is 5.84 Å². The standard InChI is InChI=1S/C4H10N4O/c1-2-3-6-8-4(9)7-5/h2,6H,1,3,5H2,(H2,7,8,9). The van der Waals surface area contributed by atoms with Gasteiger partial charge in [-0.1, -0.05) is 6.08 Å². The van der Waals surface area contributed by atoms with Crippen molar-refractivity contribution in [3.05, 3.63) is 12.7 Å². The van der Waals surface area contributed by atoms with E-state index >= 15 is 0 Å². The average Bonchev–Trinajstić information content (AvgIpc) is 1.89. The highest BCUT2D eigenvalue weighted by Gasteiger charge is 1.89. The number of carbonyl (C=O) groups excluding carboxylic acids is 1. The second-order valence-electron chi connectivity index (χ2n) is 1.27. The Morgan fingerprint density at radius 2 is 2.44 bits per heavy atom. The maximum absolute atomic E-state index is 10.2. The lowest BCUT2D eigenvalue weighted by atomic mass is 10.7. The van der Waals surface area contributed by atoms with Gasteiger partial charge in [-0.25, -0.2) is 16.1 Å². The summed E-state index contributed by atoms with van der Waals surface area (Å²) in [6.45, 7) is 3.93. The number of carbonyl (C=O) groups is 1. The van der Waals surface area contributed by atoms with Crippen molar-refractivity contribution in [2.45, 2.75) is 0 Å². The number of rotatable bonds is 3. The summed E-state index contributed by atoms with van der Waals surface area (Å²) in [5, 5.41) is 0. The Morgan fingerprint density at radius 1 is 1.78 bits per heavy atom. The van der Waals surface area contributed by atoms with Gasteiger partial charge in [0.1, 0.15) is 0 Å². The summed E-state index contributed by atoms with van der Waals surface area (Å²) in [5.74, 6) is 4.73. The first-order valence-electron chi connectivity index (χ1n) is 2.41. The molecule has 0 unspecified atom stereocenters. The largest absolute Gasteiger partial charge is 0.343 e. The minimum atomic E-state index is -0.475. The van der Waals surface area contributed by atoms with E-state index in [1.54, 1.807) is 6.08 Å². The number of hydrogen-bond acceptors (Lipinski definition) is 3. The van der Waals surface area contributed by atoms with Crippen LogP contribution in [0.3, 0.4) is 0 Å². The number of nitrogens with one attached hydrogen (secondary N) is 3. The van der Waals surface area contributed by atoms with Gasteiger partial charge >= 0.3 is 6.03 Å². The average molecular weight is 130 g/mol. The molecular weight excluding hydrogens is 120 g/mol. The fourth-order valence-electron chi connectivity index (χ4n) is 0.240. The van der Waals surface area contributed by atoms with Crippen molar-refractivity contribution in [3.8, 4) is 0 Å². The van der Waals surface area contributed by atoms with Gasteiger partial charge in [0, 0.05) is 6.54 Å². The van der Waals surface area contributed by atoms with Crippen LogP contribution in [0.5, 0.6) is 0 Å². The van der Waals surface area contributed by atoms with Crippen molar-refractivity contribution < 1.29 is 4.79 Å². The first-order chi connectivity index (χ1) is 4.31. The summed E-state index contributed by atoms with van der Waals surface area (Å²) in [7, 11) is 0. The fourth-order valence-corrected chi connectivity index (χ4v) is 0.240. The van der Waals surface area contributed by atoms with Gasteiger partial charge in [0.05, 0.1) is 0 Å². The maximum Gasteiger partial charge on any atom is 0.343 e. The Bertz CT molecular complexity index is 103. The second-order valence-corrected chi connectivity index (χ2v) is 1.27. The SMILES string of the molecule is C=CCNNC(=O)NN. The molecule has 5 heteroatoms. The van der Waals surface area contributed by atoms with Crippen LogP contribution in [-0.4, -0.2) is 12.6 Å². The van der Waals surface area contributed by atoms with Crippen LogP contribution in [0.4, 0.5) is 4.79 Å². The first kappa shape index (κ1) is 7.93. The molecule has 2 amide bonds. The van der Waals surface area contributed by atoms with E-state index in [2.05, 4.69) is 17.4 Å². The van der Waals surface area contributed by atoms with Crippen LogP contribution in [-0.2, 0) is 0 Å². The summed E-state index contributed by atoms with van der Waals surface area (Å²) in [6, 6.07) is -0.475. The fraction of sp³-hybridized carbons (Fsp3) is 0.250. The van der Waals surface area contributed by atoms with E-state index in [1.165, 1.54) is 0 Å². The molecule has 0 saturated carbocycles. The van der Waals surface area contributed by atoms with E-state index in [-0.39, 0.29) is 0 Å². The van der Waals surface area contributed by atoms with Crippen molar-refractivity contribution in [3.63, 3.8) is 0 Å². The Labute approximate surface area is 53.2 Å². The van der Waals surface area contributed by atoms with E-state index in [4.69, 9.17) is 5.84 Å². The first-order valence-corrected chi connectivity index (χ1v) is 2.41. The zero-order valence-electron chi connectivity index (χ0n) is 4.98. The molecule has 0 fully saturated rings. The van der Waals surface area contributed by atoms with Crippen molar-refractivity contribution in [1.82, 2.24) is 16.3 Å². The number of nitrogens with two attached hydrogens (primary N) is 1. The van der Waals surface area contributed by atoms with E-state index in [1.807, 2.05) is 5.43 Å². The molecule has 0 rings (SSSR count). The molecule has 0 aromatic carbocycles. The monoisotopic (exact) mass is 130 g/mol. The summed E-state index contributed by atoms with van der Waals surface area (Å²) >= 11 is 0. The summed E-state index contributed by atoms with van der Waals surface area (Å²) in [5.41, 5.74) is 6.64. The van der Waals surface area contributed by atoms with Gasteiger partial charge in [0.15, 0.2) is 0 Å². The molecule has 52 valence electrons. The third-order valence-electron chi connectivity index (χ3n) is 0.579. The summed E-state index contributed by atoms with van der Waals surface area (Å²) in [4.78, 5) is 10.2. The molecule has 0 radical (unpaired) electrons. The topological polar surface area (TPSA) is 79.2 Å². The number of urea groups is 1. The van der Waals surface area contributed by atoms with Crippen LogP contribution in [0.15, 0.2) is 12.7 Å². The molecule has 0 aromatic rings. The zero-order chi connectivity index (χ0) is 7.11. The van der Waals surface area contributed by atoms with Crippen LogP contribution in [0.25, 0.3) is 0 Å². The molecule has 5 nitrogen and oxygen atoms in total. The normalized spacial score (nSPS) is 8.11. The lowest BCUT2D eigenvalue weighted by molar-refractivity contribution is 0.237. The van der Waals surface area contributed by atoms with Crippen LogP contribution < -0.4 is 22.1 Å². The molecule has 0 aliphatic heterocycles. The third-order valence-corrected chi connectivity index (χ3v) is 0.579. The zero-order valence-corrected chi connectivity index (χ0v) is 4.98. The van der Waals surface area contributed by atoms with Gasteiger partial charge in [-0.3, -0.25) is 10.9 Å². The Kier molecular flexibility index (Phi) is 4.47. The lowest BCUT2D eigenvalue weighted by Gasteiger charge is -2.01. The van der Waals surface area contributed by atoms with Gasteiger partial charge in [-0.05, 0) is 0 Å². The van der Waals surface area contributed by atoms with Crippen molar-refractivity contribution in [1.29, 1.82) is 0 Å². The Morgan fingerprint density at radius 3 is 2.89 bits per heavy atom. The van der Waals surface area contributed by atoms with Crippen LogP contribution in [0.1, 0.15) is 0 Å². The molecule has 9 heavy (non-hydrogen) atoms. The maximum atomic E-state index is 10.2. The Balaban J connectivity index is 3.06. The van der Waals surface area contributed by atoms with E-state index in [9.17, 15) is 4.79 Å². The van der Waals surface area contributed by atoms with Crippen molar-refractivity contribution >= 4 is 6.03 Å². The minimum Gasteiger partial charge on any atom is -0.275 e. The highest BCUT2D eigenvalue weighted by molar-refractivity contribution is 5.72. The number of hydrazine groups is 2. The minimum absolute atomic E-state index is 0.475. The molecule has 0 bridgehead atoms. The van der Waals surface area contributed by atoms with E-state index in [0.717, 1.165) is 0 Å². The summed E-state index contributed by atoms with van der Waals surface area (Å²) < 4.78 is 0. The highest BCUT2D eigenvalue weighted by Crippen LogP contribution is 1.55. The van der Waals surface area contributed by atoms with E-state index < -0.39 is 6.03 Å². The number of amides is 2. The van der Waals surface area contributed by atoms with Crippen LogP contribution in [0.2, 0.25) is 0 Å². The van der Waals surface area contributed by atoms with Gasteiger partial charge in [0.25, 0.3) is 0 Å². The molecule has 0 aliphatic carbocycles. The van der Waals surface area contributed by atoms with Gasteiger partial charge in [-0.15, -0.1) is 6.58 Å². The number of hydrogen-bond donors (Lipinski definition) is 4. The molecule has 5 N–H and O–H groups in total. The summed E-state index contributed by atoms with van der Waals surface area (Å²) in [6.07, 6.45) is 1.61. The predicted octanol–water partition coefficient (Wildman–Crippen LogP) is -1.15. The lowest BCUT2D eigenvalue weighted by Crippen LogP contribution is -2.46. The molecule has 0 aliphatic rings. The second kappa shape index (κ2) is 5.07. The molecule has 0 heterocycles. The third kappa shape index (κ3) is 4.79. The quantitative estimate of drug-likeness (QED) is 0.128. The van der Waals surface area contributed by atoms with Crippen LogP contribution >= 0.6 is 0 Å².